The lowest BCUT2D eigenvalue weighted by Gasteiger charge is -2.20. The molecule has 1 heterocycles. The van der Waals surface area contributed by atoms with E-state index in [0.29, 0.717) is 13.7 Å². The first-order valence-corrected chi connectivity index (χ1v) is 9.56. The van der Waals surface area contributed by atoms with Crippen LogP contribution in [0.1, 0.15) is 31.1 Å². The van der Waals surface area contributed by atoms with Crippen LogP contribution in [0.3, 0.4) is 0 Å². The van der Waals surface area contributed by atoms with Gasteiger partial charge in [0, 0.05) is 20.0 Å². The van der Waals surface area contributed by atoms with Gasteiger partial charge in [-0.05, 0) is 19.1 Å². The first-order valence-electron chi connectivity index (χ1n) is 9.18. The molecule has 0 bridgehead atoms. The molecule has 1 aromatic carbocycles. The molecule has 1 unspecified atom stereocenters. The van der Waals surface area contributed by atoms with Gasteiger partial charge in [-0.15, -0.1) is 0 Å². The Labute approximate surface area is 180 Å². The summed E-state index contributed by atoms with van der Waals surface area (Å²) in [6.45, 7) is 4.91. The molecule has 2 aromatic rings. The van der Waals surface area contributed by atoms with Crippen molar-refractivity contribution < 1.29 is 23.5 Å². The highest BCUT2D eigenvalue weighted by Crippen LogP contribution is 2.24. The van der Waals surface area contributed by atoms with E-state index in [9.17, 15) is 28.4 Å². The van der Waals surface area contributed by atoms with E-state index in [4.69, 9.17) is 21.1 Å². The fourth-order valence-electron chi connectivity index (χ4n) is 2.70. The second-order valence-electron chi connectivity index (χ2n) is 6.91. The Morgan fingerprint density at radius 3 is 2.10 bits per heavy atom. The number of carbonyl (C=O) groups excluding carboxylic acids is 2. The van der Waals surface area contributed by atoms with Gasteiger partial charge < -0.3 is 9.47 Å². The van der Waals surface area contributed by atoms with Gasteiger partial charge in [-0.1, -0.05) is 25.4 Å². The SMILES string of the molecule is CCOC(=O)C(OC(=O)c1cc(-n2c(=O)n(C)c(=O)n(C)c2=O)c(F)cc1Cl)C(C)C. The Morgan fingerprint density at radius 2 is 1.61 bits per heavy atom. The summed E-state index contributed by atoms with van der Waals surface area (Å²) in [5.74, 6) is -3.40. The standard InChI is InChI=1S/C19H21ClFN3O7/c1-6-30-16(26)14(9(2)3)31-15(25)10-7-13(12(21)8-11(10)20)24-18(28)22(4)17(27)23(5)19(24)29/h7-9,14H,6H2,1-5H3. The number of hydrogen-bond acceptors (Lipinski definition) is 7. The molecule has 0 saturated heterocycles. The number of hydrogen-bond donors (Lipinski definition) is 0. The number of halogens is 2. The summed E-state index contributed by atoms with van der Waals surface area (Å²) in [7, 11) is 2.21. The number of rotatable bonds is 6. The number of carbonyl (C=O) groups is 2. The number of benzene rings is 1. The first-order chi connectivity index (χ1) is 14.4. The third-order valence-corrected chi connectivity index (χ3v) is 4.70. The lowest BCUT2D eigenvalue weighted by Crippen LogP contribution is -2.52. The summed E-state index contributed by atoms with van der Waals surface area (Å²) in [4.78, 5) is 61.5. The smallest absolute Gasteiger partial charge is 0.347 e. The van der Waals surface area contributed by atoms with Gasteiger partial charge in [-0.25, -0.2) is 42.1 Å². The van der Waals surface area contributed by atoms with Crippen LogP contribution in [-0.2, 0) is 28.4 Å². The molecule has 0 aliphatic heterocycles. The van der Waals surface area contributed by atoms with Crippen LogP contribution in [0, 0.1) is 11.7 Å². The number of aromatic nitrogens is 3. The minimum Gasteiger partial charge on any atom is -0.463 e. The van der Waals surface area contributed by atoms with E-state index in [2.05, 4.69) is 0 Å². The van der Waals surface area contributed by atoms with Crippen LogP contribution in [-0.4, -0.2) is 38.4 Å². The van der Waals surface area contributed by atoms with Crippen LogP contribution >= 0.6 is 11.6 Å². The largest absolute Gasteiger partial charge is 0.463 e. The highest BCUT2D eigenvalue weighted by molar-refractivity contribution is 6.33. The maximum Gasteiger partial charge on any atom is 0.347 e. The Balaban J connectivity index is 2.63. The van der Waals surface area contributed by atoms with Gasteiger partial charge in [0.2, 0.25) is 6.10 Å². The summed E-state index contributed by atoms with van der Waals surface area (Å²) >= 11 is 5.97. The van der Waals surface area contributed by atoms with Crippen molar-refractivity contribution in [1.82, 2.24) is 13.7 Å². The van der Waals surface area contributed by atoms with Crippen molar-refractivity contribution in [3.63, 3.8) is 0 Å². The van der Waals surface area contributed by atoms with Crippen molar-refractivity contribution in [1.29, 1.82) is 0 Å². The topological polar surface area (TPSA) is 119 Å². The molecule has 0 aliphatic carbocycles. The third kappa shape index (κ3) is 4.61. The van der Waals surface area contributed by atoms with E-state index in [0.717, 1.165) is 26.2 Å². The Hall–Kier alpha value is -3.21. The van der Waals surface area contributed by atoms with E-state index in [1.54, 1.807) is 20.8 Å². The zero-order valence-electron chi connectivity index (χ0n) is 17.5. The fourth-order valence-corrected chi connectivity index (χ4v) is 2.93. The molecule has 0 fully saturated rings. The normalized spacial score (nSPS) is 12.0. The highest BCUT2D eigenvalue weighted by atomic mass is 35.5. The molecule has 168 valence electrons. The lowest BCUT2D eigenvalue weighted by molar-refractivity contribution is -0.155. The van der Waals surface area contributed by atoms with Gasteiger partial charge in [0.05, 0.1) is 22.9 Å². The summed E-state index contributed by atoms with van der Waals surface area (Å²) < 4.78 is 26.3. The Morgan fingerprint density at radius 1 is 1.06 bits per heavy atom. The average Bonchev–Trinajstić information content (AvgIpc) is 2.70. The summed E-state index contributed by atoms with van der Waals surface area (Å²) in [5, 5.41) is -0.368. The summed E-state index contributed by atoms with van der Waals surface area (Å²) in [6.07, 6.45) is -1.26. The minimum atomic E-state index is -1.26. The first kappa shape index (κ1) is 24.1. The van der Waals surface area contributed by atoms with Gasteiger partial charge in [-0.3, -0.25) is 0 Å². The number of nitrogens with zero attached hydrogens (tertiary/aromatic N) is 3. The molecule has 0 N–H and O–H groups in total. The second kappa shape index (κ2) is 9.29. The third-order valence-electron chi connectivity index (χ3n) is 4.39. The maximum atomic E-state index is 14.6. The van der Waals surface area contributed by atoms with Gasteiger partial charge in [0.25, 0.3) is 0 Å². The van der Waals surface area contributed by atoms with Crippen LogP contribution in [0.2, 0.25) is 5.02 Å². The zero-order valence-corrected chi connectivity index (χ0v) is 18.2. The second-order valence-corrected chi connectivity index (χ2v) is 7.31. The fraction of sp³-hybridized carbons (Fsp3) is 0.421. The number of esters is 2. The molecular weight excluding hydrogens is 437 g/mol. The maximum absolute atomic E-state index is 14.6. The molecule has 2 rings (SSSR count). The van der Waals surface area contributed by atoms with E-state index in [1.165, 1.54) is 0 Å². The monoisotopic (exact) mass is 457 g/mol. The lowest BCUT2D eigenvalue weighted by atomic mass is 10.1. The molecule has 31 heavy (non-hydrogen) atoms. The Kier molecular flexibility index (Phi) is 7.21. The van der Waals surface area contributed by atoms with Gasteiger partial charge in [-0.2, -0.15) is 0 Å². The van der Waals surface area contributed by atoms with Crippen molar-refractivity contribution in [2.45, 2.75) is 26.9 Å². The number of ether oxygens (including phenoxy) is 2. The van der Waals surface area contributed by atoms with Crippen LogP contribution in [0.25, 0.3) is 5.69 Å². The molecule has 0 radical (unpaired) electrons. The van der Waals surface area contributed by atoms with Crippen LogP contribution in [0.15, 0.2) is 26.5 Å². The van der Waals surface area contributed by atoms with Gasteiger partial charge in [0.15, 0.2) is 0 Å². The van der Waals surface area contributed by atoms with Crippen molar-refractivity contribution in [3.05, 3.63) is 60.0 Å². The van der Waals surface area contributed by atoms with E-state index >= 15 is 0 Å². The molecule has 10 nitrogen and oxygen atoms in total. The van der Waals surface area contributed by atoms with Crippen molar-refractivity contribution >= 4 is 23.5 Å². The molecule has 1 aromatic heterocycles. The molecule has 0 amide bonds. The minimum absolute atomic E-state index is 0.0694. The highest BCUT2D eigenvalue weighted by Gasteiger charge is 2.30. The molecule has 0 saturated carbocycles. The quantitative estimate of drug-likeness (QED) is 0.588. The average molecular weight is 458 g/mol. The van der Waals surface area contributed by atoms with Crippen LogP contribution in [0.4, 0.5) is 4.39 Å². The van der Waals surface area contributed by atoms with Crippen LogP contribution < -0.4 is 17.1 Å². The molecule has 1 atom stereocenters. The predicted octanol–water partition coefficient (Wildman–Crippen LogP) is 0.772. The summed E-state index contributed by atoms with van der Waals surface area (Å²) in [6, 6.07) is 1.56. The zero-order chi connectivity index (χ0) is 23.6. The van der Waals surface area contributed by atoms with Crippen molar-refractivity contribution in [3.8, 4) is 5.69 Å². The van der Waals surface area contributed by atoms with Gasteiger partial charge >= 0.3 is 29.0 Å². The molecule has 12 heteroatoms. The van der Waals surface area contributed by atoms with E-state index < -0.39 is 58.1 Å². The van der Waals surface area contributed by atoms with E-state index in [1.807, 2.05) is 0 Å². The Bertz CT molecular complexity index is 1170. The van der Waals surface area contributed by atoms with Gasteiger partial charge in [0.1, 0.15) is 5.82 Å². The van der Waals surface area contributed by atoms with Crippen LogP contribution in [0.5, 0.6) is 0 Å². The predicted molar refractivity (Wildman–Crippen MR) is 108 cm³/mol. The van der Waals surface area contributed by atoms with E-state index in [-0.39, 0.29) is 11.6 Å². The molecule has 0 spiro atoms. The molecule has 0 aliphatic rings. The summed E-state index contributed by atoms with van der Waals surface area (Å²) in [5.41, 5.74) is -4.17. The van der Waals surface area contributed by atoms with Crippen molar-refractivity contribution in [2.75, 3.05) is 6.61 Å². The van der Waals surface area contributed by atoms with Crippen molar-refractivity contribution in [2.24, 2.45) is 20.0 Å². The molecular formula is C19H21ClFN3O7.